The number of aliphatic imine (C=N–C) groups is 1. The van der Waals surface area contributed by atoms with Gasteiger partial charge >= 0.3 is 0 Å². The number of hydrogen-bond donors (Lipinski definition) is 0. The third-order valence-corrected chi connectivity index (χ3v) is 6.24. The van der Waals surface area contributed by atoms with Crippen LogP contribution < -0.4 is 0 Å². The molecule has 2 aliphatic rings. The van der Waals surface area contributed by atoms with Gasteiger partial charge in [-0.25, -0.2) is 17.7 Å². The lowest BCUT2D eigenvalue weighted by Crippen LogP contribution is -2.36. The minimum absolute atomic E-state index is 0.134. The van der Waals surface area contributed by atoms with Crippen LogP contribution in [0.1, 0.15) is 27.9 Å². The molecule has 0 radical (unpaired) electrons. The van der Waals surface area contributed by atoms with Crippen LogP contribution in [-0.4, -0.2) is 31.4 Å². The summed E-state index contributed by atoms with van der Waals surface area (Å²) in [6.45, 7) is -0.237. The van der Waals surface area contributed by atoms with Crippen molar-refractivity contribution < 1.29 is 13.2 Å². The molecule has 0 N–H and O–H groups in total. The predicted molar refractivity (Wildman–Crippen MR) is 91.3 cm³/mol. The van der Waals surface area contributed by atoms with E-state index in [4.69, 9.17) is 0 Å². The Kier molecular flexibility index (Phi) is 3.49. The second-order valence-electron chi connectivity index (χ2n) is 6.02. The summed E-state index contributed by atoms with van der Waals surface area (Å²) in [7, 11) is -3.73. The molecule has 0 unspecified atom stereocenters. The molecular formula is C18H16N2O3S. The molecule has 0 atom stereocenters. The molecule has 122 valence electrons. The highest BCUT2D eigenvalue weighted by Gasteiger charge is 2.30. The first kappa shape index (κ1) is 15.1. The first-order chi connectivity index (χ1) is 11.6. The highest BCUT2D eigenvalue weighted by atomic mass is 32.2. The predicted octanol–water partition coefficient (Wildman–Crippen LogP) is 2.72. The molecule has 6 heteroatoms. The van der Waals surface area contributed by atoms with E-state index >= 15 is 0 Å². The van der Waals surface area contributed by atoms with Crippen LogP contribution in [0.25, 0.3) is 0 Å². The molecule has 1 heterocycles. The van der Waals surface area contributed by atoms with Crippen molar-refractivity contribution in [1.82, 2.24) is 4.31 Å². The van der Waals surface area contributed by atoms with E-state index in [-0.39, 0.29) is 17.2 Å². The van der Waals surface area contributed by atoms with E-state index in [0.717, 1.165) is 23.6 Å². The first-order valence-corrected chi connectivity index (χ1v) is 9.30. The molecule has 24 heavy (non-hydrogen) atoms. The van der Waals surface area contributed by atoms with Gasteiger partial charge in [0.2, 0.25) is 0 Å². The lowest BCUT2D eigenvalue weighted by molar-refractivity contribution is 0.0981. The third-order valence-electron chi connectivity index (χ3n) is 4.50. The lowest BCUT2D eigenvalue weighted by atomic mass is 10.0. The average Bonchev–Trinajstić information content (AvgIpc) is 3.05. The molecule has 1 aliphatic carbocycles. The first-order valence-electron chi connectivity index (χ1n) is 7.86. The molecule has 5 nitrogen and oxygen atoms in total. The topological polar surface area (TPSA) is 66.8 Å². The summed E-state index contributed by atoms with van der Waals surface area (Å²) >= 11 is 0. The number of hydrogen-bond acceptors (Lipinski definition) is 4. The Bertz CT molecular complexity index is 964. The van der Waals surface area contributed by atoms with E-state index in [1.54, 1.807) is 24.3 Å². The Hall–Kier alpha value is -2.47. The van der Waals surface area contributed by atoms with Gasteiger partial charge in [0, 0.05) is 5.56 Å². The largest absolute Gasteiger partial charge is 0.292 e. The van der Waals surface area contributed by atoms with Crippen LogP contribution in [0.5, 0.6) is 0 Å². The number of fused-ring (bicyclic) bond motifs is 2. The number of Topliss-reactive ketones (excluding diaryl/α,β-unsaturated/α-hetero) is 1. The zero-order chi connectivity index (χ0) is 16.7. The average molecular weight is 340 g/mol. The zero-order valence-corrected chi connectivity index (χ0v) is 13.8. The van der Waals surface area contributed by atoms with E-state index in [9.17, 15) is 13.2 Å². The molecule has 4 rings (SSSR count). The van der Waals surface area contributed by atoms with Crippen molar-refractivity contribution in [2.75, 3.05) is 6.54 Å². The quantitative estimate of drug-likeness (QED) is 0.807. The summed E-state index contributed by atoms with van der Waals surface area (Å²) in [5, 5.41) is 0. The van der Waals surface area contributed by atoms with Gasteiger partial charge in [0.05, 0.1) is 12.2 Å². The molecule has 0 fully saturated rings. The number of sulfonamides is 1. The van der Waals surface area contributed by atoms with Gasteiger partial charge in [-0.05, 0) is 48.6 Å². The number of aryl methyl sites for hydroxylation is 2. The molecule has 2 aromatic rings. The Morgan fingerprint density at radius 3 is 2.75 bits per heavy atom. The Morgan fingerprint density at radius 2 is 1.88 bits per heavy atom. The van der Waals surface area contributed by atoms with E-state index in [1.807, 2.05) is 12.1 Å². The number of carbonyl (C=O) groups excluding carboxylic acids is 1. The third kappa shape index (κ3) is 2.43. The maximum absolute atomic E-state index is 12.6. The van der Waals surface area contributed by atoms with Gasteiger partial charge in [-0.2, -0.15) is 0 Å². The monoisotopic (exact) mass is 340 g/mol. The van der Waals surface area contributed by atoms with Crippen molar-refractivity contribution in [2.45, 2.75) is 24.2 Å². The Morgan fingerprint density at radius 1 is 1.08 bits per heavy atom. The van der Waals surface area contributed by atoms with Crippen LogP contribution in [0.3, 0.4) is 0 Å². The fourth-order valence-corrected chi connectivity index (χ4v) is 4.55. The molecule has 0 amide bonds. The van der Waals surface area contributed by atoms with Crippen molar-refractivity contribution in [2.24, 2.45) is 4.99 Å². The molecular weight excluding hydrogens is 324 g/mol. The summed E-state index contributed by atoms with van der Waals surface area (Å²) in [5.74, 6) is -0.223. The number of para-hydroxylation sites is 1. The van der Waals surface area contributed by atoms with Gasteiger partial charge in [-0.15, -0.1) is 0 Å². The summed E-state index contributed by atoms with van der Waals surface area (Å²) in [6.07, 6.45) is 4.36. The van der Waals surface area contributed by atoms with Gasteiger partial charge in [0.25, 0.3) is 10.0 Å². The number of carbonyl (C=O) groups is 1. The van der Waals surface area contributed by atoms with Crippen molar-refractivity contribution in [1.29, 1.82) is 0 Å². The van der Waals surface area contributed by atoms with Crippen LogP contribution >= 0.6 is 0 Å². The molecule has 0 aromatic heterocycles. The second kappa shape index (κ2) is 5.56. The second-order valence-corrected chi connectivity index (χ2v) is 7.88. The molecule has 1 aliphatic heterocycles. The summed E-state index contributed by atoms with van der Waals surface area (Å²) in [4.78, 5) is 16.8. The zero-order valence-electron chi connectivity index (χ0n) is 13.0. The number of nitrogens with zero attached hydrogens (tertiary/aromatic N) is 2. The summed E-state index contributed by atoms with van der Waals surface area (Å²) < 4.78 is 26.3. The van der Waals surface area contributed by atoms with Crippen LogP contribution in [-0.2, 0) is 22.9 Å². The summed E-state index contributed by atoms with van der Waals surface area (Å²) in [5.41, 5.74) is 3.44. The van der Waals surface area contributed by atoms with Crippen molar-refractivity contribution >= 4 is 27.8 Å². The maximum Gasteiger partial charge on any atom is 0.267 e. The van der Waals surface area contributed by atoms with Crippen LogP contribution in [0.4, 0.5) is 5.69 Å². The van der Waals surface area contributed by atoms with E-state index in [2.05, 4.69) is 4.99 Å². The van der Waals surface area contributed by atoms with E-state index in [1.165, 1.54) is 23.5 Å². The van der Waals surface area contributed by atoms with Gasteiger partial charge in [-0.3, -0.25) is 4.79 Å². The molecule has 0 spiro atoms. The number of benzene rings is 2. The minimum atomic E-state index is -3.73. The Labute approximate surface area is 140 Å². The normalized spacial score (nSPS) is 17.4. The molecule has 0 bridgehead atoms. The van der Waals surface area contributed by atoms with Crippen molar-refractivity contribution in [3.05, 3.63) is 59.2 Å². The van der Waals surface area contributed by atoms with Crippen LogP contribution in [0.15, 0.2) is 52.4 Å². The fourth-order valence-electron chi connectivity index (χ4n) is 3.20. The molecule has 2 aromatic carbocycles. The van der Waals surface area contributed by atoms with Gasteiger partial charge in [0.15, 0.2) is 5.78 Å². The van der Waals surface area contributed by atoms with Gasteiger partial charge in [0.1, 0.15) is 11.2 Å². The Balaban J connectivity index is 1.61. The summed E-state index contributed by atoms with van der Waals surface area (Å²) in [6, 6.07) is 12.2. The van der Waals surface area contributed by atoms with E-state index < -0.39 is 10.0 Å². The van der Waals surface area contributed by atoms with Crippen LogP contribution in [0, 0.1) is 0 Å². The van der Waals surface area contributed by atoms with Crippen molar-refractivity contribution in [3.8, 4) is 0 Å². The number of ketones is 1. The van der Waals surface area contributed by atoms with Crippen molar-refractivity contribution in [3.63, 3.8) is 0 Å². The molecule has 0 saturated carbocycles. The highest BCUT2D eigenvalue weighted by Crippen LogP contribution is 2.30. The standard InChI is InChI=1S/C18H16N2O3S/c21-17(15-9-8-13-4-3-5-14(13)10-15)11-20-12-19-16-6-1-2-7-18(16)24(20,22)23/h1-2,6-10,12H,3-5,11H2. The molecule has 0 saturated heterocycles. The van der Waals surface area contributed by atoms with Gasteiger partial charge < -0.3 is 0 Å². The van der Waals surface area contributed by atoms with E-state index in [0.29, 0.717) is 11.3 Å². The SMILES string of the molecule is O=C(CN1C=Nc2ccccc2S1(=O)=O)c1ccc2c(c1)CCC2. The maximum atomic E-state index is 12.6. The van der Waals surface area contributed by atoms with Gasteiger partial charge in [-0.1, -0.05) is 24.3 Å². The highest BCUT2D eigenvalue weighted by molar-refractivity contribution is 7.89. The number of rotatable bonds is 3. The fraction of sp³-hybridized carbons (Fsp3) is 0.222. The minimum Gasteiger partial charge on any atom is -0.292 e. The lowest BCUT2D eigenvalue weighted by Gasteiger charge is -2.23. The van der Waals surface area contributed by atoms with Crippen LogP contribution in [0.2, 0.25) is 0 Å². The smallest absolute Gasteiger partial charge is 0.267 e.